The van der Waals surface area contributed by atoms with Gasteiger partial charge in [-0.05, 0) is 36.8 Å². The summed E-state index contributed by atoms with van der Waals surface area (Å²) in [4.78, 5) is 60.3. The number of nitro groups is 2. The molecule has 1 atom stereocenters. The second kappa shape index (κ2) is 7.82. The Bertz CT molecular complexity index is 1080. The average molecular weight is 427 g/mol. The Kier molecular flexibility index (Phi) is 5.39. The molecule has 12 heteroatoms. The van der Waals surface area contributed by atoms with Gasteiger partial charge in [-0.3, -0.25) is 34.7 Å². The van der Waals surface area contributed by atoms with E-state index in [1.165, 1.54) is 67.4 Å². The second-order valence-electron chi connectivity index (χ2n) is 6.98. The van der Waals surface area contributed by atoms with Crippen LogP contribution >= 0.6 is 0 Å². The van der Waals surface area contributed by atoms with Gasteiger partial charge in [-0.15, -0.1) is 0 Å². The molecule has 0 aromatic heterocycles. The number of likely N-dealkylation sites (N-methyl/N-ethyl adjacent to an activating group) is 1. The lowest BCUT2D eigenvalue weighted by molar-refractivity contribution is -0.385. The highest BCUT2D eigenvalue weighted by atomic mass is 16.6. The van der Waals surface area contributed by atoms with Crippen LogP contribution in [0, 0.1) is 20.2 Å². The summed E-state index contributed by atoms with van der Waals surface area (Å²) in [5.41, 5.74) is -1.12. The quantitative estimate of drug-likeness (QED) is 0.419. The number of benzene rings is 2. The summed E-state index contributed by atoms with van der Waals surface area (Å²) in [6.45, 7) is 0.889. The number of urea groups is 1. The molecular formula is C19H17N5O7. The number of hydrogen-bond donors (Lipinski definition) is 1. The number of anilines is 1. The van der Waals surface area contributed by atoms with Crippen molar-refractivity contribution in [1.29, 1.82) is 0 Å². The minimum absolute atomic E-state index is 0.141. The van der Waals surface area contributed by atoms with Crippen molar-refractivity contribution >= 4 is 34.9 Å². The molecule has 0 spiro atoms. The Balaban J connectivity index is 1.76. The fourth-order valence-corrected chi connectivity index (χ4v) is 3.14. The predicted molar refractivity (Wildman–Crippen MR) is 107 cm³/mol. The van der Waals surface area contributed by atoms with Gasteiger partial charge in [-0.1, -0.05) is 0 Å². The molecule has 3 rings (SSSR count). The number of carbonyl (C=O) groups is 3. The highest BCUT2D eigenvalue weighted by molar-refractivity contribution is 6.10. The Morgan fingerprint density at radius 1 is 1.00 bits per heavy atom. The molecule has 1 heterocycles. The summed E-state index contributed by atoms with van der Waals surface area (Å²) in [5.74, 6) is -1.28. The molecule has 1 aliphatic rings. The second-order valence-corrected chi connectivity index (χ2v) is 6.98. The topological polar surface area (TPSA) is 156 Å². The van der Waals surface area contributed by atoms with Gasteiger partial charge in [-0.25, -0.2) is 4.79 Å². The lowest BCUT2D eigenvalue weighted by Crippen LogP contribution is -2.43. The van der Waals surface area contributed by atoms with Crippen LogP contribution in [0.15, 0.2) is 48.5 Å². The standard InChI is InChI=1S/C19H17N5O7/c1-19(12-3-5-14(6-4-12)23(28)29)17(26)22(18(27)20-19)11-16(25)21(2)13-7-9-15(10-8-13)24(30)31/h3-10H,11H2,1-2H3,(H,20,27). The van der Waals surface area contributed by atoms with Gasteiger partial charge < -0.3 is 10.2 Å². The summed E-state index contributed by atoms with van der Waals surface area (Å²) in [6.07, 6.45) is 0. The zero-order chi connectivity index (χ0) is 22.9. The molecule has 4 amide bonds. The van der Waals surface area contributed by atoms with Gasteiger partial charge in [0, 0.05) is 37.0 Å². The van der Waals surface area contributed by atoms with E-state index in [9.17, 15) is 34.6 Å². The van der Waals surface area contributed by atoms with E-state index in [0.29, 0.717) is 11.3 Å². The van der Waals surface area contributed by atoms with Gasteiger partial charge in [0.2, 0.25) is 5.91 Å². The van der Waals surface area contributed by atoms with Crippen LogP contribution in [0.5, 0.6) is 0 Å². The first-order chi connectivity index (χ1) is 14.5. The molecule has 2 aromatic carbocycles. The van der Waals surface area contributed by atoms with E-state index < -0.39 is 39.8 Å². The maximum atomic E-state index is 12.9. The zero-order valence-electron chi connectivity index (χ0n) is 16.5. The number of carbonyl (C=O) groups excluding carboxylic acids is 3. The van der Waals surface area contributed by atoms with Crippen molar-refractivity contribution in [3.8, 4) is 0 Å². The van der Waals surface area contributed by atoms with Gasteiger partial charge >= 0.3 is 6.03 Å². The van der Waals surface area contributed by atoms with Crippen molar-refractivity contribution in [3.63, 3.8) is 0 Å². The van der Waals surface area contributed by atoms with Crippen LogP contribution in [-0.4, -0.2) is 46.2 Å². The number of rotatable bonds is 6. The van der Waals surface area contributed by atoms with E-state index >= 15 is 0 Å². The van der Waals surface area contributed by atoms with Crippen LogP contribution in [0.4, 0.5) is 21.9 Å². The van der Waals surface area contributed by atoms with Crippen LogP contribution in [-0.2, 0) is 15.1 Å². The number of imide groups is 1. The molecule has 0 aliphatic carbocycles. The van der Waals surface area contributed by atoms with Crippen LogP contribution in [0.1, 0.15) is 12.5 Å². The van der Waals surface area contributed by atoms with Gasteiger partial charge in [-0.2, -0.15) is 0 Å². The molecule has 31 heavy (non-hydrogen) atoms. The summed E-state index contributed by atoms with van der Waals surface area (Å²) >= 11 is 0. The van der Waals surface area contributed by atoms with Gasteiger partial charge in [0.15, 0.2) is 0 Å². The van der Waals surface area contributed by atoms with Crippen LogP contribution in [0.3, 0.4) is 0 Å². The smallest absolute Gasteiger partial charge is 0.319 e. The lowest BCUT2D eigenvalue weighted by atomic mass is 9.92. The Morgan fingerprint density at radius 2 is 1.48 bits per heavy atom. The van der Waals surface area contributed by atoms with Crippen molar-refractivity contribution in [2.45, 2.75) is 12.5 Å². The Labute approximate surface area is 175 Å². The number of non-ortho nitro benzene ring substituents is 2. The highest BCUT2D eigenvalue weighted by Gasteiger charge is 2.49. The number of nitrogens with one attached hydrogen (secondary N) is 1. The molecular weight excluding hydrogens is 410 g/mol. The Morgan fingerprint density at radius 3 is 1.97 bits per heavy atom. The maximum Gasteiger partial charge on any atom is 0.325 e. The van der Waals surface area contributed by atoms with Gasteiger partial charge in [0.05, 0.1) is 9.85 Å². The number of nitro benzene ring substituents is 2. The average Bonchev–Trinajstić information content (AvgIpc) is 2.97. The first kappa shape index (κ1) is 21.4. The summed E-state index contributed by atoms with van der Waals surface area (Å²) < 4.78 is 0. The fraction of sp³-hybridized carbons (Fsp3) is 0.211. The first-order valence-electron chi connectivity index (χ1n) is 8.94. The third-order valence-corrected chi connectivity index (χ3v) is 5.05. The molecule has 0 bridgehead atoms. The van der Waals surface area contributed by atoms with Crippen molar-refractivity contribution in [2.24, 2.45) is 0 Å². The minimum atomic E-state index is -1.49. The zero-order valence-corrected chi connectivity index (χ0v) is 16.5. The lowest BCUT2D eigenvalue weighted by Gasteiger charge is -2.23. The third-order valence-electron chi connectivity index (χ3n) is 5.05. The number of amides is 4. The van der Waals surface area contributed by atoms with E-state index in [-0.39, 0.29) is 11.4 Å². The summed E-state index contributed by atoms with van der Waals surface area (Å²) in [5, 5.41) is 24.1. The predicted octanol–water partition coefficient (Wildman–Crippen LogP) is 1.93. The monoisotopic (exact) mass is 427 g/mol. The number of nitrogens with zero attached hydrogens (tertiary/aromatic N) is 4. The summed E-state index contributed by atoms with van der Waals surface area (Å²) in [7, 11) is 1.41. The van der Waals surface area contributed by atoms with E-state index in [0.717, 1.165) is 4.90 Å². The van der Waals surface area contributed by atoms with E-state index in [1.54, 1.807) is 0 Å². The van der Waals surface area contributed by atoms with Gasteiger partial charge in [0.1, 0.15) is 12.1 Å². The first-order valence-corrected chi connectivity index (χ1v) is 8.94. The molecule has 2 aromatic rings. The van der Waals surface area contributed by atoms with E-state index in [2.05, 4.69) is 5.32 Å². The maximum absolute atomic E-state index is 12.9. The fourth-order valence-electron chi connectivity index (χ4n) is 3.14. The van der Waals surface area contributed by atoms with E-state index in [4.69, 9.17) is 0 Å². The molecule has 1 fully saturated rings. The molecule has 1 N–H and O–H groups in total. The van der Waals surface area contributed by atoms with E-state index in [1.807, 2.05) is 0 Å². The Hall–Kier alpha value is -4.35. The van der Waals surface area contributed by atoms with Crippen molar-refractivity contribution in [1.82, 2.24) is 10.2 Å². The number of hydrogen-bond acceptors (Lipinski definition) is 7. The van der Waals surface area contributed by atoms with Gasteiger partial charge in [0.25, 0.3) is 17.3 Å². The molecule has 1 saturated heterocycles. The minimum Gasteiger partial charge on any atom is -0.319 e. The molecule has 0 radical (unpaired) electrons. The largest absolute Gasteiger partial charge is 0.325 e. The van der Waals surface area contributed by atoms with Crippen molar-refractivity contribution in [2.75, 3.05) is 18.5 Å². The third kappa shape index (κ3) is 3.90. The molecule has 1 aliphatic heterocycles. The van der Waals surface area contributed by atoms with Crippen LogP contribution in [0.25, 0.3) is 0 Å². The van der Waals surface area contributed by atoms with Crippen molar-refractivity contribution in [3.05, 3.63) is 74.3 Å². The molecule has 1 unspecified atom stereocenters. The summed E-state index contributed by atoms with van der Waals surface area (Å²) in [6, 6.07) is 9.61. The molecule has 0 saturated carbocycles. The molecule has 12 nitrogen and oxygen atoms in total. The van der Waals surface area contributed by atoms with Crippen LogP contribution in [0.2, 0.25) is 0 Å². The normalized spacial score (nSPS) is 17.9. The van der Waals surface area contributed by atoms with Crippen LogP contribution < -0.4 is 10.2 Å². The SMILES string of the molecule is CN(C(=O)CN1C(=O)NC(C)(c2ccc([N+](=O)[O-])cc2)C1=O)c1ccc([N+](=O)[O-])cc1. The highest BCUT2D eigenvalue weighted by Crippen LogP contribution is 2.30. The van der Waals surface area contributed by atoms with Crippen molar-refractivity contribution < 1.29 is 24.2 Å². The molecule has 160 valence electrons.